The number of benzene rings is 2. The minimum absolute atomic E-state index is 0. The molecule has 31 heavy (non-hydrogen) atoms. The van der Waals surface area contributed by atoms with Gasteiger partial charge in [-0.1, -0.05) is 19.1 Å². The molecule has 0 aliphatic carbocycles. The number of hydrogen-bond donors (Lipinski definition) is 4. The highest BCUT2D eigenvalue weighted by atomic mass is 127. The molecule has 1 amide bonds. The van der Waals surface area contributed by atoms with E-state index in [9.17, 15) is 9.18 Å². The van der Waals surface area contributed by atoms with E-state index in [-0.39, 0.29) is 35.7 Å². The summed E-state index contributed by atoms with van der Waals surface area (Å²) in [6, 6.07) is 12.3. The van der Waals surface area contributed by atoms with Gasteiger partial charge in [-0.05, 0) is 54.3 Å². The van der Waals surface area contributed by atoms with Gasteiger partial charge in [0.25, 0.3) is 5.91 Å². The third-order valence-corrected chi connectivity index (χ3v) is 4.82. The van der Waals surface area contributed by atoms with E-state index in [2.05, 4.69) is 25.9 Å². The van der Waals surface area contributed by atoms with Crippen molar-refractivity contribution in [3.05, 3.63) is 71.2 Å². The van der Waals surface area contributed by atoms with Gasteiger partial charge < -0.3 is 20.9 Å². The number of H-pyrrole nitrogens is 1. The Bertz CT molecular complexity index is 1030. The number of fused-ring (bicyclic) bond motifs is 1. The Hall–Kier alpha value is -2.62. The molecule has 0 radical (unpaired) electrons. The van der Waals surface area contributed by atoms with Gasteiger partial charge in [-0.25, -0.2) is 4.39 Å². The second-order valence-electron chi connectivity index (χ2n) is 7.06. The van der Waals surface area contributed by atoms with E-state index in [1.165, 1.54) is 6.07 Å². The van der Waals surface area contributed by atoms with Crippen molar-refractivity contribution in [2.24, 2.45) is 4.99 Å². The number of carbonyl (C=O) groups is 1. The minimum atomic E-state index is -0.237. The zero-order valence-electron chi connectivity index (χ0n) is 17.8. The van der Waals surface area contributed by atoms with Gasteiger partial charge in [-0.15, -0.1) is 24.0 Å². The van der Waals surface area contributed by atoms with Crippen LogP contribution in [-0.2, 0) is 13.0 Å². The fourth-order valence-electron chi connectivity index (χ4n) is 3.24. The first-order valence-corrected chi connectivity index (χ1v) is 10.2. The molecule has 1 aromatic heterocycles. The molecule has 6 nitrogen and oxygen atoms in total. The monoisotopic (exact) mass is 537 g/mol. The number of amides is 1. The van der Waals surface area contributed by atoms with E-state index in [0.29, 0.717) is 31.2 Å². The van der Waals surface area contributed by atoms with Gasteiger partial charge in [0.2, 0.25) is 0 Å². The van der Waals surface area contributed by atoms with Gasteiger partial charge in [0.05, 0.1) is 0 Å². The first-order valence-electron chi connectivity index (χ1n) is 10.2. The largest absolute Gasteiger partial charge is 0.361 e. The molecular weight excluding hydrogens is 508 g/mol. The Morgan fingerprint density at radius 1 is 1.10 bits per heavy atom. The quantitative estimate of drug-likeness (QED) is 0.200. The SMILES string of the molecule is CCCNC(=O)c1cccc(CNC(=NC)NCCc2c[nH]c3ccc(F)cc23)c1.I. The number of carbonyl (C=O) groups excluding carboxylic acids is 1. The van der Waals surface area contributed by atoms with Crippen LogP contribution in [0.3, 0.4) is 0 Å². The molecule has 0 bridgehead atoms. The maximum absolute atomic E-state index is 13.5. The molecule has 1 heterocycles. The molecule has 0 fully saturated rings. The predicted molar refractivity (Wildman–Crippen MR) is 135 cm³/mol. The van der Waals surface area contributed by atoms with Gasteiger partial charge >= 0.3 is 0 Å². The highest BCUT2D eigenvalue weighted by molar-refractivity contribution is 14.0. The van der Waals surface area contributed by atoms with Gasteiger partial charge in [0.1, 0.15) is 5.82 Å². The topological polar surface area (TPSA) is 81.3 Å². The van der Waals surface area contributed by atoms with Crippen LogP contribution in [-0.4, -0.2) is 37.0 Å². The van der Waals surface area contributed by atoms with Crippen molar-refractivity contribution < 1.29 is 9.18 Å². The molecule has 0 aliphatic rings. The number of hydrogen-bond acceptors (Lipinski definition) is 2. The Morgan fingerprint density at radius 2 is 1.94 bits per heavy atom. The van der Waals surface area contributed by atoms with Gasteiger partial charge in [0, 0.05) is 49.3 Å². The molecule has 4 N–H and O–H groups in total. The van der Waals surface area contributed by atoms with Crippen molar-refractivity contribution in [2.45, 2.75) is 26.3 Å². The van der Waals surface area contributed by atoms with Crippen molar-refractivity contribution in [2.75, 3.05) is 20.1 Å². The summed E-state index contributed by atoms with van der Waals surface area (Å²) >= 11 is 0. The summed E-state index contributed by atoms with van der Waals surface area (Å²) in [4.78, 5) is 19.5. The molecule has 8 heteroatoms. The molecule has 0 spiro atoms. The van der Waals surface area contributed by atoms with Crippen LogP contribution in [0.5, 0.6) is 0 Å². The fourth-order valence-corrected chi connectivity index (χ4v) is 3.24. The normalized spacial score (nSPS) is 11.1. The lowest BCUT2D eigenvalue weighted by Gasteiger charge is -2.12. The van der Waals surface area contributed by atoms with Crippen molar-refractivity contribution >= 4 is 46.7 Å². The summed E-state index contributed by atoms with van der Waals surface area (Å²) in [5, 5.41) is 10.3. The summed E-state index contributed by atoms with van der Waals surface area (Å²) in [5.74, 6) is 0.373. The number of nitrogens with one attached hydrogen (secondary N) is 4. The second kappa shape index (κ2) is 12.3. The number of aromatic amines is 1. The molecule has 0 aliphatic heterocycles. The van der Waals surface area contributed by atoms with Crippen molar-refractivity contribution in [3.63, 3.8) is 0 Å². The molecule has 0 unspecified atom stereocenters. The van der Waals surface area contributed by atoms with Crippen molar-refractivity contribution in [1.82, 2.24) is 20.9 Å². The lowest BCUT2D eigenvalue weighted by atomic mass is 10.1. The zero-order chi connectivity index (χ0) is 21.3. The number of aliphatic imine (C=N–C) groups is 1. The Balaban J connectivity index is 0.00000341. The summed E-state index contributed by atoms with van der Waals surface area (Å²) < 4.78 is 13.5. The molecule has 3 rings (SSSR count). The van der Waals surface area contributed by atoms with Crippen molar-refractivity contribution in [1.29, 1.82) is 0 Å². The standard InChI is InChI=1S/C23H28FN5O.HI/c1-3-10-26-22(30)17-6-4-5-16(12-17)14-29-23(25-2)27-11-9-18-15-28-21-8-7-19(24)13-20(18)21;/h4-8,12-13,15,28H,3,9-11,14H2,1-2H3,(H,26,30)(H2,25,27,29);1H. The van der Waals surface area contributed by atoms with Crippen LogP contribution in [0.15, 0.2) is 53.7 Å². The highest BCUT2D eigenvalue weighted by Crippen LogP contribution is 2.19. The molecular formula is C23H29FIN5O. The van der Waals surface area contributed by atoms with Crippen LogP contribution in [0.2, 0.25) is 0 Å². The molecule has 2 aromatic carbocycles. The lowest BCUT2D eigenvalue weighted by Crippen LogP contribution is -2.37. The molecule has 3 aromatic rings. The third-order valence-electron chi connectivity index (χ3n) is 4.82. The Morgan fingerprint density at radius 3 is 2.71 bits per heavy atom. The van der Waals surface area contributed by atoms with Crippen LogP contribution >= 0.6 is 24.0 Å². The highest BCUT2D eigenvalue weighted by Gasteiger charge is 2.07. The number of halogens is 2. The molecule has 0 saturated carbocycles. The van der Waals surface area contributed by atoms with E-state index in [0.717, 1.165) is 34.9 Å². The minimum Gasteiger partial charge on any atom is -0.361 e. The zero-order valence-corrected chi connectivity index (χ0v) is 20.1. The number of rotatable bonds is 8. The van der Waals surface area contributed by atoms with E-state index in [1.807, 2.05) is 37.4 Å². The molecule has 166 valence electrons. The molecule has 0 saturated heterocycles. The predicted octanol–water partition coefficient (Wildman–Crippen LogP) is 3.97. The van der Waals surface area contributed by atoms with E-state index < -0.39 is 0 Å². The second-order valence-corrected chi connectivity index (χ2v) is 7.06. The number of guanidine groups is 1. The first kappa shape index (κ1) is 24.6. The maximum Gasteiger partial charge on any atom is 0.251 e. The number of aromatic nitrogens is 1. The Kier molecular flexibility index (Phi) is 9.77. The Labute approximate surface area is 199 Å². The average molecular weight is 537 g/mol. The van der Waals surface area contributed by atoms with E-state index in [4.69, 9.17) is 0 Å². The van der Waals surface area contributed by atoms with Crippen LogP contribution in [0, 0.1) is 5.82 Å². The van der Waals surface area contributed by atoms with Crippen molar-refractivity contribution in [3.8, 4) is 0 Å². The van der Waals surface area contributed by atoms with Crippen LogP contribution < -0.4 is 16.0 Å². The summed E-state index contributed by atoms with van der Waals surface area (Å²) in [6.45, 7) is 3.90. The van der Waals surface area contributed by atoms with Gasteiger partial charge in [0.15, 0.2) is 5.96 Å². The van der Waals surface area contributed by atoms with Crippen LogP contribution in [0.4, 0.5) is 4.39 Å². The summed E-state index contributed by atoms with van der Waals surface area (Å²) in [5.41, 5.74) is 3.63. The smallest absolute Gasteiger partial charge is 0.251 e. The summed E-state index contributed by atoms with van der Waals surface area (Å²) in [7, 11) is 1.71. The fraction of sp³-hybridized carbons (Fsp3) is 0.304. The van der Waals surface area contributed by atoms with Gasteiger partial charge in [-0.2, -0.15) is 0 Å². The average Bonchev–Trinajstić information content (AvgIpc) is 3.16. The van der Waals surface area contributed by atoms with E-state index >= 15 is 0 Å². The molecule has 0 atom stereocenters. The summed E-state index contributed by atoms with van der Waals surface area (Å²) in [6.07, 6.45) is 3.55. The van der Waals surface area contributed by atoms with Crippen LogP contribution in [0.1, 0.15) is 34.8 Å². The number of nitrogens with zero attached hydrogens (tertiary/aromatic N) is 1. The maximum atomic E-state index is 13.5. The third kappa shape index (κ3) is 6.95. The van der Waals surface area contributed by atoms with Gasteiger partial charge in [-0.3, -0.25) is 9.79 Å². The van der Waals surface area contributed by atoms with E-state index in [1.54, 1.807) is 19.2 Å². The van der Waals surface area contributed by atoms with Crippen LogP contribution in [0.25, 0.3) is 10.9 Å². The lowest BCUT2D eigenvalue weighted by molar-refractivity contribution is 0.0953. The first-order chi connectivity index (χ1) is 14.6.